The maximum Gasteiger partial charge on any atom is 0.251 e. The summed E-state index contributed by atoms with van der Waals surface area (Å²) in [6, 6.07) is 9.34. The highest BCUT2D eigenvalue weighted by Gasteiger charge is 2.16. The van der Waals surface area contributed by atoms with Gasteiger partial charge in [-0.3, -0.25) is 4.79 Å². The van der Waals surface area contributed by atoms with Gasteiger partial charge < -0.3 is 5.32 Å². The largest absolute Gasteiger partial charge is 0.348 e. The van der Waals surface area contributed by atoms with Crippen LogP contribution in [-0.4, -0.2) is 12.5 Å². The van der Waals surface area contributed by atoms with Crippen molar-refractivity contribution in [3.63, 3.8) is 0 Å². The highest BCUT2D eigenvalue weighted by Crippen LogP contribution is 2.28. The minimum atomic E-state index is -0.00689. The lowest BCUT2D eigenvalue weighted by molar-refractivity contribution is 0.0956. The van der Waals surface area contributed by atoms with E-state index < -0.39 is 0 Å². The van der Waals surface area contributed by atoms with Gasteiger partial charge in [-0.25, -0.2) is 0 Å². The van der Waals surface area contributed by atoms with Gasteiger partial charge in [0.05, 0.1) is 0 Å². The molecule has 0 atom stereocenters. The third-order valence-electron chi connectivity index (χ3n) is 3.69. The molecule has 0 radical (unpaired) electrons. The summed E-state index contributed by atoms with van der Waals surface area (Å²) in [6.45, 7) is 4.74. The van der Waals surface area contributed by atoms with Crippen LogP contribution in [0.4, 0.5) is 0 Å². The van der Waals surface area contributed by atoms with Gasteiger partial charge in [-0.05, 0) is 30.9 Å². The monoisotopic (exact) mass is 243 g/mol. The fourth-order valence-electron chi connectivity index (χ4n) is 2.54. The Hall–Kier alpha value is -1.57. The van der Waals surface area contributed by atoms with E-state index in [2.05, 4.69) is 11.9 Å². The van der Waals surface area contributed by atoms with Gasteiger partial charge in [-0.2, -0.15) is 0 Å². The van der Waals surface area contributed by atoms with Crippen LogP contribution < -0.4 is 5.32 Å². The maximum absolute atomic E-state index is 11.9. The van der Waals surface area contributed by atoms with Crippen molar-refractivity contribution in [2.24, 2.45) is 5.92 Å². The summed E-state index contributed by atoms with van der Waals surface area (Å²) in [7, 11) is 0. The molecule has 1 aliphatic carbocycles. The van der Waals surface area contributed by atoms with Crippen LogP contribution >= 0.6 is 0 Å². The van der Waals surface area contributed by atoms with E-state index >= 15 is 0 Å². The number of carbonyl (C=O) groups excluding carboxylic acids is 1. The SMILES string of the molecule is C=C(CNC(=O)c1ccccc1)C1CCCCC1. The van der Waals surface area contributed by atoms with Crippen LogP contribution in [0.15, 0.2) is 42.5 Å². The molecule has 1 aromatic rings. The molecule has 2 rings (SSSR count). The molecule has 0 bridgehead atoms. The molecule has 0 aromatic heterocycles. The average Bonchev–Trinajstić information content (AvgIpc) is 2.46. The van der Waals surface area contributed by atoms with Gasteiger partial charge in [-0.1, -0.05) is 49.6 Å². The molecule has 0 unspecified atom stereocenters. The van der Waals surface area contributed by atoms with Crippen molar-refractivity contribution < 1.29 is 4.79 Å². The minimum absolute atomic E-state index is 0.00689. The zero-order valence-corrected chi connectivity index (χ0v) is 10.8. The zero-order valence-electron chi connectivity index (χ0n) is 10.8. The molecule has 1 N–H and O–H groups in total. The fourth-order valence-corrected chi connectivity index (χ4v) is 2.54. The minimum Gasteiger partial charge on any atom is -0.348 e. The Morgan fingerprint density at radius 1 is 1.17 bits per heavy atom. The van der Waals surface area contributed by atoms with E-state index in [1.165, 1.54) is 37.7 Å². The lowest BCUT2D eigenvalue weighted by Gasteiger charge is -2.23. The highest BCUT2D eigenvalue weighted by molar-refractivity contribution is 5.94. The van der Waals surface area contributed by atoms with Crippen LogP contribution in [0.5, 0.6) is 0 Å². The third-order valence-corrected chi connectivity index (χ3v) is 3.69. The predicted molar refractivity (Wildman–Crippen MR) is 74.5 cm³/mol. The number of nitrogens with one attached hydrogen (secondary N) is 1. The van der Waals surface area contributed by atoms with Gasteiger partial charge in [0.1, 0.15) is 0 Å². The number of benzene rings is 1. The molecule has 1 aromatic carbocycles. The number of hydrogen-bond donors (Lipinski definition) is 1. The molecule has 18 heavy (non-hydrogen) atoms. The van der Waals surface area contributed by atoms with E-state index in [0.717, 1.165) is 0 Å². The van der Waals surface area contributed by atoms with Gasteiger partial charge in [0, 0.05) is 12.1 Å². The molecule has 2 heteroatoms. The van der Waals surface area contributed by atoms with Crippen LogP contribution in [0, 0.1) is 5.92 Å². The number of carbonyl (C=O) groups is 1. The van der Waals surface area contributed by atoms with Crippen LogP contribution in [0.3, 0.4) is 0 Å². The molecule has 1 amide bonds. The first-order valence-corrected chi connectivity index (χ1v) is 6.78. The molecule has 0 heterocycles. The lowest BCUT2D eigenvalue weighted by atomic mass is 9.84. The third kappa shape index (κ3) is 3.46. The van der Waals surface area contributed by atoms with Crippen LogP contribution in [0.1, 0.15) is 42.5 Å². The van der Waals surface area contributed by atoms with E-state index in [9.17, 15) is 4.79 Å². The van der Waals surface area contributed by atoms with Gasteiger partial charge in [0.2, 0.25) is 0 Å². The summed E-state index contributed by atoms with van der Waals surface area (Å²) >= 11 is 0. The van der Waals surface area contributed by atoms with E-state index in [0.29, 0.717) is 18.0 Å². The fraction of sp³-hybridized carbons (Fsp3) is 0.438. The standard InChI is InChI=1S/C16H21NO/c1-13(14-8-4-2-5-9-14)12-17-16(18)15-10-6-3-7-11-15/h3,6-7,10-11,14H,1-2,4-5,8-9,12H2,(H,17,18). The smallest absolute Gasteiger partial charge is 0.251 e. The average molecular weight is 243 g/mol. The molecular formula is C16H21NO. The second-order valence-corrected chi connectivity index (χ2v) is 5.04. The second-order valence-electron chi connectivity index (χ2n) is 5.04. The highest BCUT2D eigenvalue weighted by atomic mass is 16.1. The summed E-state index contributed by atoms with van der Waals surface area (Å²) in [5.74, 6) is 0.599. The summed E-state index contributed by atoms with van der Waals surface area (Å²) in [6.07, 6.45) is 6.42. The Kier molecular flexibility index (Phi) is 4.57. The van der Waals surface area contributed by atoms with Crippen molar-refractivity contribution in [3.05, 3.63) is 48.0 Å². The number of amides is 1. The van der Waals surface area contributed by atoms with Gasteiger partial charge in [-0.15, -0.1) is 0 Å². The predicted octanol–water partition coefficient (Wildman–Crippen LogP) is 3.55. The van der Waals surface area contributed by atoms with Crippen molar-refractivity contribution in [3.8, 4) is 0 Å². The topological polar surface area (TPSA) is 29.1 Å². The quantitative estimate of drug-likeness (QED) is 0.805. The summed E-state index contributed by atoms with van der Waals surface area (Å²) in [5, 5.41) is 2.96. The molecule has 1 fully saturated rings. The van der Waals surface area contributed by atoms with Crippen molar-refractivity contribution >= 4 is 5.91 Å². The van der Waals surface area contributed by atoms with Crippen molar-refractivity contribution in [2.45, 2.75) is 32.1 Å². The van der Waals surface area contributed by atoms with E-state index in [4.69, 9.17) is 0 Å². The Balaban J connectivity index is 1.80. The van der Waals surface area contributed by atoms with E-state index in [1.807, 2.05) is 30.3 Å². The Morgan fingerprint density at radius 3 is 2.50 bits per heavy atom. The van der Waals surface area contributed by atoms with E-state index in [-0.39, 0.29) is 5.91 Å². The van der Waals surface area contributed by atoms with Crippen molar-refractivity contribution in [1.29, 1.82) is 0 Å². The summed E-state index contributed by atoms with van der Waals surface area (Å²) in [4.78, 5) is 11.9. The van der Waals surface area contributed by atoms with Crippen molar-refractivity contribution in [2.75, 3.05) is 6.54 Å². The zero-order chi connectivity index (χ0) is 12.8. The van der Waals surface area contributed by atoms with Gasteiger partial charge >= 0.3 is 0 Å². The molecule has 0 aliphatic heterocycles. The van der Waals surface area contributed by atoms with Crippen LogP contribution in [-0.2, 0) is 0 Å². The van der Waals surface area contributed by atoms with Crippen molar-refractivity contribution in [1.82, 2.24) is 5.32 Å². The normalized spacial score (nSPS) is 16.2. The molecule has 0 saturated heterocycles. The van der Waals surface area contributed by atoms with E-state index in [1.54, 1.807) is 0 Å². The molecule has 1 aliphatic rings. The lowest BCUT2D eigenvalue weighted by Crippen LogP contribution is -2.27. The molecule has 96 valence electrons. The molecule has 1 saturated carbocycles. The Labute approximate surface area is 109 Å². The Morgan fingerprint density at radius 2 is 1.83 bits per heavy atom. The Bertz CT molecular complexity index is 404. The maximum atomic E-state index is 11.9. The summed E-state index contributed by atoms with van der Waals surface area (Å²) < 4.78 is 0. The van der Waals surface area contributed by atoms with Gasteiger partial charge in [0.25, 0.3) is 5.91 Å². The number of rotatable bonds is 4. The molecular weight excluding hydrogens is 222 g/mol. The first-order chi connectivity index (χ1) is 8.77. The molecule has 2 nitrogen and oxygen atoms in total. The first-order valence-electron chi connectivity index (χ1n) is 6.78. The second kappa shape index (κ2) is 6.39. The number of hydrogen-bond acceptors (Lipinski definition) is 1. The first kappa shape index (κ1) is 12.9. The molecule has 0 spiro atoms. The van der Waals surface area contributed by atoms with Gasteiger partial charge in [0.15, 0.2) is 0 Å². The van der Waals surface area contributed by atoms with Crippen LogP contribution in [0.2, 0.25) is 0 Å². The van der Waals surface area contributed by atoms with Crippen LogP contribution in [0.25, 0.3) is 0 Å². The summed E-state index contributed by atoms with van der Waals surface area (Å²) in [5.41, 5.74) is 1.90.